The zero-order valence-corrected chi connectivity index (χ0v) is 26.8. The molecule has 11 nitrogen and oxygen atoms in total. The topological polar surface area (TPSA) is 133 Å². The summed E-state index contributed by atoms with van der Waals surface area (Å²) in [5.41, 5.74) is 2.94. The number of sulfonamides is 1. The molecule has 0 radical (unpaired) electrons. The molecule has 12 heteroatoms. The Morgan fingerprint density at radius 3 is 2.44 bits per heavy atom. The van der Waals surface area contributed by atoms with E-state index < -0.39 is 28.2 Å². The van der Waals surface area contributed by atoms with Crippen LogP contribution in [0.4, 0.5) is 16.2 Å². The number of aromatic nitrogens is 1. The summed E-state index contributed by atoms with van der Waals surface area (Å²) in [4.78, 5) is 28.8. The van der Waals surface area contributed by atoms with Crippen molar-refractivity contribution in [2.24, 2.45) is 13.0 Å². The molecule has 1 aliphatic rings. The van der Waals surface area contributed by atoms with E-state index in [0.29, 0.717) is 5.69 Å². The van der Waals surface area contributed by atoms with E-state index >= 15 is 0 Å². The molecule has 1 aliphatic heterocycles. The summed E-state index contributed by atoms with van der Waals surface area (Å²) in [5.74, 6) is -0.580. The van der Waals surface area contributed by atoms with Gasteiger partial charge in [0.05, 0.1) is 41.0 Å². The molecule has 0 fully saturated rings. The smallest absolute Gasteiger partial charge is 0.323 e. The number of aliphatic hydroxyl groups excluding tert-OH is 1. The van der Waals surface area contributed by atoms with Crippen LogP contribution in [0.5, 0.6) is 5.75 Å². The van der Waals surface area contributed by atoms with Crippen LogP contribution in [0.2, 0.25) is 0 Å². The fourth-order valence-electron chi connectivity index (χ4n) is 5.49. The molecule has 3 N–H and O–H groups in total. The number of fused-ring (bicyclic) bond motifs is 2. The van der Waals surface area contributed by atoms with Crippen LogP contribution in [0.15, 0.2) is 77.8 Å². The van der Waals surface area contributed by atoms with Crippen molar-refractivity contribution >= 4 is 44.2 Å². The van der Waals surface area contributed by atoms with Crippen molar-refractivity contribution in [1.29, 1.82) is 0 Å². The van der Waals surface area contributed by atoms with E-state index in [1.807, 2.05) is 49.9 Å². The van der Waals surface area contributed by atoms with E-state index in [1.165, 1.54) is 11.4 Å². The van der Waals surface area contributed by atoms with Crippen molar-refractivity contribution in [3.05, 3.63) is 84.1 Å². The molecule has 2 heterocycles. The predicted molar refractivity (Wildman–Crippen MR) is 174 cm³/mol. The number of urea groups is 1. The van der Waals surface area contributed by atoms with Crippen molar-refractivity contribution in [2.75, 3.05) is 37.4 Å². The minimum atomic E-state index is -3.85. The second-order valence-corrected chi connectivity index (χ2v) is 13.7. The molecule has 4 aromatic rings. The van der Waals surface area contributed by atoms with E-state index in [4.69, 9.17) is 4.74 Å². The highest BCUT2D eigenvalue weighted by molar-refractivity contribution is 7.89. The summed E-state index contributed by atoms with van der Waals surface area (Å²) in [6.45, 7) is 5.44. The third kappa shape index (κ3) is 6.53. The van der Waals surface area contributed by atoms with Crippen molar-refractivity contribution in [2.45, 2.75) is 37.8 Å². The number of hydrogen-bond donors (Lipinski definition) is 3. The number of anilines is 2. The van der Waals surface area contributed by atoms with Crippen molar-refractivity contribution in [3.8, 4) is 5.75 Å². The predicted octanol–water partition coefficient (Wildman–Crippen LogP) is 4.67. The van der Waals surface area contributed by atoms with Gasteiger partial charge in [0.2, 0.25) is 10.0 Å². The maximum Gasteiger partial charge on any atom is 0.323 e. The Hall–Kier alpha value is -4.39. The summed E-state index contributed by atoms with van der Waals surface area (Å²) in [6.07, 6.45) is 1.20. The second-order valence-electron chi connectivity index (χ2n) is 11.6. The number of hydrogen-bond acceptors (Lipinski definition) is 6. The lowest BCUT2D eigenvalue weighted by molar-refractivity contribution is 0.0389. The molecule has 0 spiro atoms. The first-order chi connectivity index (χ1) is 21.4. The Kier molecular flexibility index (Phi) is 9.19. The van der Waals surface area contributed by atoms with Gasteiger partial charge in [-0.1, -0.05) is 36.8 Å². The molecule has 238 valence electrons. The minimum absolute atomic E-state index is 0.0249. The van der Waals surface area contributed by atoms with Crippen molar-refractivity contribution in [3.63, 3.8) is 0 Å². The number of rotatable bonds is 8. The first kappa shape index (κ1) is 32.0. The Balaban J connectivity index is 1.48. The molecule has 0 bridgehead atoms. The first-order valence-corrected chi connectivity index (χ1v) is 16.2. The molecule has 3 amide bonds. The SMILES string of the molecule is Cc1ccc(S(=O)(=O)N(C)CC2Oc3c(NC(=O)Nc4cccc5c4ccn5C)cccc3C(=O)N(C(C)CO)CC2C)cc1. The number of aliphatic hydroxyl groups is 1. The van der Waals surface area contributed by atoms with E-state index in [0.717, 1.165) is 16.5 Å². The van der Waals surface area contributed by atoms with E-state index in [-0.39, 0.29) is 53.4 Å². The van der Waals surface area contributed by atoms with Gasteiger partial charge in [0.15, 0.2) is 5.75 Å². The lowest BCUT2D eigenvalue weighted by Crippen LogP contribution is -2.50. The number of carbonyl (C=O) groups excluding carboxylic acids is 2. The highest BCUT2D eigenvalue weighted by atomic mass is 32.2. The third-order valence-electron chi connectivity index (χ3n) is 8.28. The summed E-state index contributed by atoms with van der Waals surface area (Å²) >= 11 is 0. The van der Waals surface area contributed by atoms with Crippen LogP contribution < -0.4 is 15.4 Å². The Labute approximate surface area is 263 Å². The number of aryl methyl sites for hydroxylation is 2. The molecular formula is C33H39N5O6S. The maximum atomic E-state index is 13.8. The number of nitrogens with one attached hydrogen (secondary N) is 2. The number of amides is 3. The average Bonchev–Trinajstić information content (AvgIpc) is 3.40. The number of nitrogens with zero attached hydrogens (tertiary/aromatic N) is 3. The maximum absolute atomic E-state index is 13.8. The summed E-state index contributed by atoms with van der Waals surface area (Å²) < 4.78 is 36.7. The Morgan fingerprint density at radius 1 is 1.07 bits per heavy atom. The zero-order valence-electron chi connectivity index (χ0n) is 26.0. The molecule has 1 aromatic heterocycles. The number of likely N-dealkylation sites (N-methyl/N-ethyl adjacent to an activating group) is 1. The molecule has 3 unspecified atom stereocenters. The van der Waals surface area contributed by atoms with Crippen LogP contribution in [0, 0.1) is 12.8 Å². The monoisotopic (exact) mass is 633 g/mol. The molecule has 0 saturated heterocycles. The Morgan fingerprint density at radius 2 is 1.73 bits per heavy atom. The largest absolute Gasteiger partial charge is 0.486 e. The number of ether oxygens (including phenoxy) is 1. The zero-order chi connectivity index (χ0) is 32.5. The second kappa shape index (κ2) is 12.9. The van der Waals surface area contributed by atoms with Crippen LogP contribution in [-0.4, -0.2) is 78.1 Å². The van der Waals surface area contributed by atoms with Gasteiger partial charge in [-0.15, -0.1) is 0 Å². The molecule has 5 rings (SSSR count). The van der Waals surface area contributed by atoms with E-state index in [9.17, 15) is 23.1 Å². The van der Waals surface area contributed by atoms with Gasteiger partial charge in [-0.3, -0.25) is 4.79 Å². The lowest BCUT2D eigenvalue weighted by Gasteiger charge is -2.38. The highest BCUT2D eigenvalue weighted by Gasteiger charge is 2.36. The average molecular weight is 634 g/mol. The Bertz CT molecular complexity index is 1820. The molecule has 45 heavy (non-hydrogen) atoms. The highest BCUT2D eigenvalue weighted by Crippen LogP contribution is 2.35. The van der Waals surface area contributed by atoms with Gasteiger partial charge in [-0.05, 0) is 56.3 Å². The van der Waals surface area contributed by atoms with Crippen LogP contribution in [0.1, 0.15) is 29.8 Å². The van der Waals surface area contributed by atoms with Gasteiger partial charge in [-0.25, -0.2) is 13.2 Å². The molecule has 0 aliphatic carbocycles. The molecule has 0 saturated carbocycles. The molecular weight excluding hydrogens is 594 g/mol. The third-order valence-corrected chi connectivity index (χ3v) is 10.1. The van der Waals surface area contributed by atoms with Crippen LogP contribution >= 0.6 is 0 Å². The van der Waals surface area contributed by atoms with E-state index in [2.05, 4.69) is 10.6 Å². The summed E-state index contributed by atoms with van der Waals surface area (Å²) in [5, 5.41) is 16.6. The van der Waals surface area contributed by atoms with E-state index in [1.54, 1.807) is 60.4 Å². The molecule has 3 atom stereocenters. The molecule has 3 aromatic carbocycles. The summed E-state index contributed by atoms with van der Waals surface area (Å²) in [7, 11) is -0.438. The van der Waals surface area contributed by atoms with Crippen LogP contribution in [0.25, 0.3) is 10.9 Å². The van der Waals surface area contributed by atoms with Crippen LogP contribution in [-0.2, 0) is 17.1 Å². The minimum Gasteiger partial charge on any atom is -0.486 e. The summed E-state index contributed by atoms with van der Waals surface area (Å²) in [6, 6.07) is 18.0. The van der Waals surface area contributed by atoms with Gasteiger partial charge in [-0.2, -0.15) is 4.31 Å². The fourth-order valence-corrected chi connectivity index (χ4v) is 6.67. The van der Waals surface area contributed by atoms with Gasteiger partial charge < -0.3 is 29.9 Å². The van der Waals surface area contributed by atoms with Crippen LogP contribution in [0.3, 0.4) is 0 Å². The standard InChI is InChI=1S/C33H39N5O6S/c1-21-12-14-24(15-13-21)45(42,43)37(5)19-30-22(2)18-38(23(3)20-39)32(40)26-8-6-10-28(31(26)44-30)35-33(41)34-27-9-7-11-29-25(27)16-17-36(29)4/h6-17,22-23,30,39H,18-20H2,1-5H3,(H2,34,35,41). The number of carbonyl (C=O) groups is 2. The lowest BCUT2D eigenvalue weighted by atomic mass is 9.99. The van der Waals surface area contributed by atoms with Gasteiger partial charge in [0, 0.05) is 43.7 Å². The van der Waals surface area contributed by atoms with Gasteiger partial charge in [0.25, 0.3) is 5.91 Å². The van der Waals surface area contributed by atoms with Gasteiger partial charge in [0.1, 0.15) is 6.10 Å². The van der Waals surface area contributed by atoms with Crippen molar-refractivity contribution < 1.29 is 27.9 Å². The quantitative estimate of drug-likeness (QED) is 0.258. The fraction of sp³-hybridized carbons (Fsp3) is 0.333. The first-order valence-electron chi connectivity index (χ1n) is 14.8. The normalized spacial score (nSPS) is 17.8. The number of benzene rings is 3. The van der Waals surface area contributed by atoms with Crippen molar-refractivity contribution in [1.82, 2.24) is 13.8 Å². The number of para-hydroxylation sites is 1. The van der Waals surface area contributed by atoms with Gasteiger partial charge >= 0.3 is 6.03 Å².